The van der Waals surface area contributed by atoms with E-state index in [-0.39, 0.29) is 0 Å². The summed E-state index contributed by atoms with van der Waals surface area (Å²) in [5.74, 6) is 0. The van der Waals surface area contributed by atoms with Gasteiger partial charge in [-0.15, -0.1) is 0 Å². The Morgan fingerprint density at radius 2 is 2.07 bits per heavy atom. The quantitative estimate of drug-likeness (QED) is 0.638. The van der Waals surface area contributed by atoms with Crippen LogP contribution in [0.4, 0.5) is 0 Å². The van der Waals surface area contributed by atoms with Gasteiger partial charge in [-0.3, -0.25) is 4.90 Å². The smallest absolute Gasteiger partial charge is 0.0195 e. The minimum Gasteiger partial charge on any atom is -0.314 e. The second-order valence-corrected chi connectivity index (χ2v) is 4.82. The second-order valence-electron chi connectivity index (χ2n) is 4.82. The van der Waals surface area contributed by atoms with E-state index in [1.807, 2.05) is 0 Å². The molecule has 0 aliphatic carbocycles. The first kappa shape index (κ1) is 10.4. The number of nitrogens with zero attached hydrogens (tertiary/aromatic N) is 1. The minimum absolute atomic E-state index is 0.704. The summed E-state index contributed by atoms with van der Waals surface area (Å²) in [6.45, 7) is 9.42. The topological polar surface area (TPSA) is 27.3 Å². The normalized spacial score (nSPS) is 41.1. The Balaban J connectivity index is 1.91. The van der Waals surface area contributed by atoms with Gasteiger partial charge in [0, 0.05) is 37.8 Å². The molecule has 0 aromatic carbocycles. The van der Waals surface area contributed by atoms with Crippen LogP contribution in [0.1, 0.15) is 26.7 Å². The maximum Gasteiger partial charge on any atom is 0.0195 e. The lowest BCUT2D eigenvalue weighted by Gasteiger charge is -2.43. The Hall–Kier alpha value is -0.120. The van der Waals surface area contributed by atoms with Crippen molar-refractivity contribution in [2.45, 2.75) is 44.8 Å². The van der Waals surface area contributed by atoms with Crippen molar-refractivity contribution in [1.82, 2.24) is 15.5 Å². The van der Waals surface area contributed by atoms with Crippen LogP contribution in [0.3, 0.4) is 0 Å². The van der Waals surface area contributed by atoms with Crippen LogP contribution < -0.4 is 10.6 Å². The maximum atomic E-state index is 3.52. The number of nitrogens with one attached hydrogen (secondary N) is 2. The van der Waals surface area contributed by atoms with Gasteiger partial charge in [-0.1, -0.05) is 0 Å². The highest BCUT2D eigenvalue weighted by molar-refractivity contribution is 4.87. The molecule has 0 saturated carbocycles. The summed E-state index contributed by atoms with van der Waals surface area (Å²) >= 11 is 0. The van der Waals surface area contributed by atoms with Crippen molar-refractivity contribution in [3.63, 3.8) is 0 Å². The summed E-state index contributed by atoms with van der Waals surface area (Å²) in [5, 5.41) is 6.98. The largest absolute Gasteiger partial charge is 0.314 e. The fourth-order valence-electron chi connectivity index (χ4n) is 2.81. The van der Waals surface area contributed by atoms with Crippen LogP contribution in [0, 0.1) is 0 Å². The van der Waals surface area contributed by atoms with Gasteiger partial charge in [-0.25, -0.2) is 0 Å². The van der Waals surface area contributed by atoms with E-state index in [0.717, 1.165) is 18.6 Å². The molecule has 0 radical (unpaired) electrons. The first-order valence-corrected chi connectivity index (χ1v) is 5.97. The van der Waals surface area contributed by atoms with Gasteiger partial charge in [0.1, 0.15) is 0 Å². The molecule has 0 aromatic heterocycles. The highest BCUT2D eigenvalue weighted by Gasteiger charge is 2.28. The lowest BCUT2D eigenvalue weighted by atomic mass is 9.97. The molecule has 2 rings (SSSR count). The van der Waals surface area contributed by atoms with Crippen LogP contribution in [0.5, 0.6) is 0 Å². The summed E-state index contributed by atoms with van der Waals surface area (Å²) in [4.78, 5) is 2.70. The average molecular weight is 197 g/mol. The maximum absolute atomic E-state index is 3.52. The summed E-state index contributed by atoms with van der Waals surface area (Å²) in [7, 11) is 0. The van der Waals surface area contributed by atoms with E-state index in [9.17, 15) is 0 Å². The van der Waals surface area contributed by atoms with Crippen LogP contribution >= 0.6 is 0 Å². The Morgan fingerprint density at radius 1 is 1.21 bits per heavy atom. The molecule has 14 heavy (non-hydrogen) atoms. The summed E-state index contributed by atoms with van der Waals surface area (Å²) in [6.07, 6.45) is 2.65. The minimum atomic E-state index is 0.704. The van der Waals surface area contributed by atoms with Crippen molar-refractivity contribution in [3.05, 3.63) is 0 Å². The van der Waals surface area contributed by atoms with Gasteiger partial charge in [-0.05, 0) is 33.2 Å². The molecule has 2 fully saturated rings. The van der Waals surface area contributed by atoms with E-state index >= 15 is 0 Å². The standard InChI is InChI=1S/C11H23N3/c1-9-7-11(3-4-13-9)14-6-5-12-8-10(14)2/h9-13H,3-8H2,1-2H3. The Kier molecular flexibility index (Phi) is 3.42. The van der Waals surface area contributed by atoms with Crippen LogP contribution in [0.2, 0.25) is 0 Å². The van der Waals surface area contributed by atoms with Crippen molar-refractivity contribution in [1.29, 1.82) is 0 Å². The SMILES string of the molecule is CC1CC(N2CCNCC2C)CCN1. The number of piperazine rings is 1. The van der Waals surface area contributed by atoms with Crippen molar-refractivity contribution < 1.29 is 0 Å². The van der Waals surface area contributed by atoms with Crippen molar-refractivity contribution >= 4 is 0 Å². The van der Waals surface area contributed by atoms with E-state index in [0.29, 0.717) is 6.04 Å². The molecule has 3 atom stereocenters. The van der Waals surface area contributed by atoms with Crippen LogP contribution in [-0.4, -0.2) is 49.2 Å². The Bertz CT molecular complexity index is 183. The lowest BCUT2D eigenvalue weighted by molar-refractivity contribution is 0.0862. The molecule has 2 heterocycles. The van der Waals surface area contributed by atoms with Gasteiger partial charge in [0.2, 0.25) is 0 Å². The van der Waals surface area contributed by atoms with Crippen molar-refractivity contribution in [3.8, 4) is 0 Å². The van der Waals surface area contributed by atoms with E-state index in [1.165, 1.54) is 32.5 Å². The number of hydrogen-bond donors (Lipinski definition) is 2. The summed E-state index contributed by atoms with van der Waals surface area (Å²) in [6, 6.07) is 2.25. The van der Waals surface area contributed by atoms with Gasteiger partial charge in [0.25, 0.3) is 0 Å². The number of piperidine rings is 1. The molecule has 82 valence electrons. The molecule has 0 spiro atoms. The van der Waals surface area contributed by atoms with Gasteiger partial charge in [-0.2, -0.15) is 0 Å². The van der Waals surface area contributed by atoms with Crippen LogP contribution in [0.25, 0.3) is 0 Å². The summed E-state index contributed by atoms with van der Waals surface area (Å²) in [5.41, 5.74) is 0. The first-order valence-electron chi connectivity index (χ1n) is 5.97. The highest BCUT2D eigenvalue weighted by Crippen LogP contribution is 2.18. The van der Waals surface area contributed by atoms with Crippen LogP contribution in [-0.2, 0) is 0 Å². The number of hydrogen-bond acceptors (Lipinski definition) is 3. The third-order valence-electron chi connectivity index (χ3n) is 3.62. The third kappa shape index (κ3) is 2.27. The molecule has 0 amide bonds. The molecule has 3 unspecified atom stereocenters. The van der Waals surface area contributed by atoms with E-state index in [1.54, 1.807) is 0 Å². The van der Waals surface area contributed by atoms with Gasteiger partial charge in [0.15, 0.2) is 0 Å². The average Bonchev–Trinajstić information content (AvgIpc) is 2.18. The fraction of sp³-hybridized carbons (Fsp3) is 1.00. The zero-order chi connectivity index (χ0) is 9.97. The monoisotopic (exact) mass is 197 g/mol. The lowest BCUT2D eigenvalue weighted by Crippen LogP contribution is -2.57. The molecule has 2 N–H and O–H groups in total. The highest BCUT2D eigenvalue weighted by atomic mass is 15.2. The molecule has 0 bridgehead atoms. The molecular formula is C11H23N3. The van der Waals surface area contributed by atoms with Crippen molar-refractivity contribution in [2.75, 3.05) is 26.2 Å². The predicted octanol–water partition coefficient (Wildman–Crippen LogP) is 0.421. The molecule has 2 aliphatic heterocycles. The summed E-state index contributed by atoms with van der Waals surface area (Å²) < 4.78 is 0. The van der Waals surface area contributed by atoms with Gasteiger partial charge in [0.05, 0.1) is 0 Å². The predicted molar refractivity (Wildman–Crippen MR) is 59.5 cm³/mol. The van der Waals surface area contributed by atoms with E-state index in [2.05, 4.69) is 29.4 Å². The molecule has 0 aromatic rings. The molecule has 3 heteroatoms. The fourth-order valence-corrected chi connectivity index (χ4v) is 2.81. The zero-order valence-electron chi connectivity index (χ0n) is 9.42. The first-order chi connectivity index (χ1) is 6.77. The Labute approximate surface area is 87.2 Å². The second kappa shape index (κ2) is 4.60. The third-order valence-corrected chi connectivity index (χ3v) is 3.62. The van der Waals surface area contributed by atoms with E-state index < -0.39 is 0 Å². The molecule has 2 aliphatic rings. The van der Waals surface area contributed by atoms with Crippen molar-refractivity contribution in [2.24, 2.45) is 0 Å². The van der Waals surface area contributed by atoms with Crippen LogP contribution in [0.15, 0.2) is 0 Å². The zero-order valence-corrected chi connectivity index (χ0v) is 9.42. The molecule has 2 saturated heterocycles. The molecule has 3 nitrogen and oxygen atoms in total. The number of rotatable bonds is 1. The Morgan fingerprint density at radius 3 is 2.79 bits per heavy atom. The van der Waals surface area contributed by atoms with Gasteiger partial charge >= 0.3 is 0 Å². The van der Waals surface area contributed by atoms with Gasteiger partial charge < -0.3 is 10.6 Å². The van der Waals surface area contributed by atoms with E-state index in [4.69, 9.17) is 0 Å². The molecular weight excluding hydrogens is 174 g/mol.